The molecule has 0 saturated carbocycles. The molecule has 0 atom stereocenters. The van der Waals surface area contributed by atoms with E-state index >= 15 is 0 Å². The van der Waals surface area contributed by atoms with Crippen molar-refractivity contribution >= 4 is 17.9 Å². The lowest BCUT2D eigenvalue weighted by Crippen LogP contribution is -2.50. The topological polar surface area (TPSA) is 124 Å². The number of aliphatic hydroxyl groups excluding tert-OH is 1. The number of piperidine rings is 1. The molecule has 0 radical (unpaired) electrons. The van der Waals surface area contributed by atoms with E-state index in [4.69, 9.17) is 15.9 Å². The Labute approximate surface area is 110 Å². The summed E-state index contributed by atoms with van der Waals surface area (Å²) >= 11 is 0. The van der Waals surface area contributed by atoms with Crippen molar-refractivity contribution in [2.45, 2.75) is 12.8 Å². The Kier molecular flexibility index (Phi) is 5.56. The van der Waals surface area contributed by atoms with Crippen molar-refractivity contribution < 1.29 is 24.6 Å². The van der Waals surface area contributed by atoms with Gasteiger partial charge in [0.2, 0.25) is 5.91 Å². The number of primary amides is 1. The van der Waals surface area contributed by atoms with Crippen LogP contribution in [0.15, 0.2) is 0 Å². The SMILES string of the molecule is NC(=O)CN(CC(=O)O)C(=O)N1CCC(CO)CC1. The average molecular weight is 273 g/mol. The lowest BCUT2D eigenvalue weighted by Gasteiger charge is -2.34. The Morgan fingerprint density at radius 1 is 1.21 bits per heavy atom. The van der Waals surface area contributed by atoms with Crippen LogP contribution >= 0.6 is 0 Å². The van der Waals surface area contributed by atoms with E-state index in [0.29, 0.717) is 25.9 Å². The number of amides is 3. The number of carbonyl (C=O) groups is 3. The van der Waals surface area contributed by atoms with Crippen LogP contribution in [0.4, 0.5) is 4.79 Å². The summed E-state index contributed by atoms with van der Waals surface area (Å²) in [6.45, 7) is 0.00675. The number of carbonyl (C=O) groups excluding carboxylic acids is 2. The minimum absolute atomic E-state index is 0.0855. The lowest BCUT2D eigenvalue weighted by atomic mass is 9.98. The zero-order valence-corrected chi connectivity index (χ0v) is 10.6. The van der Waals surface area contributed by atoms with Crippen LogP contribution < -0.4 is 5.73 Å². The molecule has 0 bridgehead atoms. The summed E-state index contributed by atoms with van der Waals surface area (Å²) in [6.07, 6.45) is 1.33. The summed E-state index contributed by atoms with van der Waals surface area (Å²) in [5, 5.41) is 17.7. The number of urea groups is 1. The molecule has 1 rings (SSSR count). The summed E-state index contributed by atoms with van der Waals surface area (Å²) < 4.78 is 0. The number of hydrogen-bond acceptors (Lipinski definition) is 4. The maximum absolute atomic E-state index is 12.1. The van der Waals surface area contributed by atoms with Gasteiger partial charge < -0.3 is 25.7 Å². The number of aliphatic carboxylic acids is 1. The summed E-state index contributed by atoms with van der Waals surface area (Å²) in [5.41, 5.74) is 5.00. The Morgan fingerprint density at radius 2 is 1.79 bits per heavy atom. The van der Waals surface area contributed by atoms with Crippen molar-refractivity contribution in [3.63, 3.8) is 0 Å². The van der Waals surface area contributed by atoms with E-state index in [0.717, 1.165) is 4.90 Å². The molecule has 8 heteroatoms. The van der Waals surface area contributed by atoms with Gasteiger partial charge in [-0.3, -0.25) is 9.59 Å². The number of nitrogens with two attached hydrogens (primary N) is 1. The first-order chi connectivity index (χ1) is 8.93. The zero-order chi connectivity index (χ0) is 14.4. The van der Waals surface area contributed by atoms with Gasteiger partial charge in [-0.15, -0.1) is 0 Å². The lowest BCUT2D eigenvalue weighted by molar-refractivity contribution is -0.138. The van der Waals surface area contributed by atoms with Crippen LogP contribution in [0.3, 0.4) is 0 Å². The average Bonchev–Trinajstić information content (AvgIpc) is 2.36. The first-order valence-corrected chi connectivity index (χ1v) is 6.08. The van der Waals surface area contributed by atoms with E-state index in [-0.39, 0.29) is 12.5 Å². The largest absolute Gasteiger partial charge is 0.480 e. The summed E-state index contributed by atoms with van der Waals surface area (Å²) in [7, 11) is 0. The van der Waals surface area contributed by atoms with Gasteiger partial charge in [0, 0.05) is 19.7 Å². The Morgan fingerprint density at radius 3 is 2.21 bits per heavy atom. The number of aliphatic hydroxyl groups is 1. The Hall–Kier alpha value is -1.83. The molecular formula is C11H19N3O5. The van der Waals surface area contributed by atoms with Crippen LogP contribution in [0.25, 0.3) is 0 Å². The normalized spacial score (nSPS) is 16.2. The van der Waals surface area contributed by atoms with E-state index in [1.54, 1.807) is 0 Å². The van der Waals surface area contributed by atoms with Crippen molar-refractivity contribution in [3.05, 3.63) is 0 Å². The molecule has 108 valence electrons. The van der Waals surface area contributed by atoms with Gasteiger partial charge in [-0.1, -0.05) is 0 Å². The van der Waals surface area contributed by atoms with E-state index in [2.05, 4.69) is 0 Å². The highest BCUT2D eigenvalue weighted by Crippen LogP contribution is 2.17. The monoisotopic (exact) mass is 273 g/mol. The fraction of sp³-hybridized carbons (Fsp3) is 0.727. The summed E-state index contributed by atoms with van der Waals surface area (Å²) in [4.78, 5) is 36.0. The van der Waals surface area contributed by atoms with Gasteiger partial charge >= 0.3 is 12.0 Å². The van der Waals surface area contributed by atoms with Crippen LogP contribution in [0.5, 0.6) is 0 Å². The minimum Gasteiger partial charge on any atom is -0.480 e. The molecule has 19 heavy (non-hydrogen) atoms. The molecule has 1 aliphatic rings. The molecule has 8 nitrogen and oxygen atoms in total. The fourth-order valence-electron chi connectivity index (χ4n) is 2.05. The Balaban J connectivity index is 2.60. The predicted molar refractivity (Wildman–Crippen MR) is 65.2 cm³/mol. The Bertz CT molecular complexity index is 336. The summed E-state index contributed by atoms with van der Waals surface area (Å²) in [6, 6.07) is -0.502. The molecule has 0 aromatic rings. The molecule has 3 amide bonds. The van der Waals surface area contributed by atoms with Crippen LogP contribution in [-0.2, 0) is 9.59 Å². The van der Waals surface area contributed by atoms with Gasteiger partial charge in [-0.2, -0.15) is 0 Å². The quantitative estimate of drug-likeness (QED) is 0.573. The van der Waals surface area contributed by atoms with Crippen LogP contribution in [0, 0.1) is 5.92 Å². The minimum atomic E-state index is -1.19. The smallest absolute Gasteiger partial charge is 0.323 e. The number of carboxylic acids is 1. The van der Waals surface area contributed by atoms with Crippen LogP contribution in [0.2, 0.25) is 0 Å². The third kappa shape index (κ3) is 4.74. The van der Waals surface area contributed by atoms with Gasteiger partial charge in [0.05, 0.1) is 0 Å². The molecule has 0 aromatic heterocycles. The van der Waals surface area contributed by atoms with Gasteiger partial charge in [0.1, 0.15) is 13.1 Å². The molecule has 1 heterocycles. The van der Waals surface area contributed by atoms with Crippen LogP contribution in [-0.4, -0.2) is 70.7 Å². The standard InChI is InChI=1S/C11H19N3O5/c12-9(16)5-14(6-10(17)18)11(19)13-3-1-8(7-15)2-4-13/h8,15H,1-7H2,(H2,12,16)(H,17,18). The highest BCUT2D eigenvalue weighted by atomic mass is 16.4. The van der Waals surface area contributed by atoms with Gasteiger partial charge in [-0.25, -0.2) is 4.79 Å². The second kappa shape index (κ2) is 6.93. The molecular weight excluding hydrogens is 254 g/mol. The predicted octanol–water partition coefficient (Wildman–Crippen LogP) is -1.32. The molecule has 0 aromatic carbocycles. The van der Waals surface area contributed by atoms with Crippen molar-refractivity contribution in [1.82, 2.24) is 9.80 Å². The molecule has 1 aliphatic heterocycles. The second-order valence-corrected chi connectivity index (χ2v) is 4.61. The van der Waals surface area contributed by atoms with Crippen molar-refractivity contribution in [3.8, 4) is 0 Å². The number of nitrogens with zero attached hydrogens (tertiary/aromatic N) is 2. The molecule has 0 aliphatic carbocycles. The van der Waals surface area contributed by atoms with Gasteiger partial charge in [0.25, 0.3) is 0 Å². The maximum Gasteiger partial charge on any atom is 0.323 e. The van der Waals surface area contributed by atoms with Gasteiger partial charge in [-0.05, 0) is 18.8 Å². The number of hydrogen-bond donors (Lipinski definition) is 3. The van der Waals surface area contributed by atoms with Crippen molar-refractivity contribution in [1.29, 1.82) is 0 Å². The number of likely N-dealkylation sites (tertiary alicyclic amines) is 1. The first kappa shape index (κ1) is 15.2. The molecule has 0 unspecified atom stereocenters. The highest BCUT2D eigenvalue weighted by Gasteiger charge is 2.27. The molecule has 4 N–H and O–H groups in total. The molecule has 0 spiro atoms. The van der Waals surface area contributed by atoms with E-state index in [1.807, 2.05) is 0 Å². The van der Waals surface area contributed by atoms with Crippen molar-refractivity contribution in [2.75, 3.05) is 32.8 Å². The van der Waals surface area contributed by atoms with E-state index in [1.165, 1.54) is 4.90 Å². The first-order valence-electron chi connectivity index (χ1n) is 6.08. The van der Waals surface area contributed by atoms with Crippen LogP contribution in [0.1, 0.15) is 12.8 Å². The molecule has 1 saturated heterocycles. The third-order valence-electron chi connectivity index (χ3n) is 3.09. The van der Waals surface area contributed by atoms with E-state index < -0.39 is 31.0 Å². The molecule has 1 fully saturated rings. The second-order valence-electron chi connectivity index (χ2n) is 4.61. The third-order valence-corrected chi connectivity index (χ3v) is 3.09. The highest BCUT2D eigenvalue weighted by molar-refractivity contribution is 5.86. The van der Waals surface area contributed by atoms with E-state index in [9.17, 15) is 14.4 Å². The fourth-order valence-corrected chi connectivity index (χ4v) is 2.05. The zero-order valence-electron chi connectivity index (χ0n) is 10.6. The summed E-state index contributed by atoms with van der Waals surface area (Å²) in [5.74, 6) is -1.77. The number of carboxylic acid groups (broad SMARTS) is 1. The van der Waals surface area contributed by atoms with Crippen molar-refractivity contribution in [2.24, 2.45) is 11.7 Å². The maximum atomic E-state index is 12.1. The van der Waals surface area contributed by atoms with Gasteiger partial charge in [0.15, 0.2) is 0 Å². The number of rotatable bonds is 5.